The number of methoxy groups -OCH3 is 1. The SMILES string of the molecule is C=CC(=O)Nc1cccc(-c2ccc3nccc(OC)c3c2)c1. The Balaban J connectivity index is 2.04. The van der Waals surface area contributed by atoms with Crippen LogP contribution < -0.4 is 10.1 Å². The quantitative estimate of drug-likeness (QED) is 0.740. The van der Waals surface area contributed by atoms with Gasteiger partial charge in [-0.05, 0) is 47.5 Å². The minimum Gasteiger partial charge on any atom is -0.496 e. The first-order valence-corrected chi connectivity index (χ1v) is 7.18. The van der Waals surface area contributed by atoms with Crippen LogP contribution >= 0.6 is 0 Å². The molecule has 0 radical (unpaired) electrons. The standard InChI is InChI=1S/C19H16N2O2/c1-3-19(22)21-15-6-4-5-13(11-15)14-7-8-17-16(12-14)18(23-2)9-10-20-17/h3-12H,1H2,2H3,(H,21,22). The maximum atomic E-state index is 11.4. The van der Waals surface area contributed by atoms with Gasteiger partial charge in [-0.15, -0.1) is 0 Å². The Morgan fingerprint density at radius 1 is 1.17 bits per heavy atom. The molecule has 4 nitrogen and oxygen atoms in total. The van der Waals surface area contributed by atoms with Crippen LogP contribution in [0.25, 0.3) is 22.0 Å². The van der Waals surface area contributed by atoms with Crippen molar-refractivity contribution < 1.29 is 9.53 Å². The molecule has 2 aromatic carbocycles. The van der Waals surface area contributed by atoms with Gasteiger partial charge in [0.25, 0.3) is 0 Å². The Labute approximate surface area is 134 Å². The van der Waals surface area contributed by atoms with Gasteiger partial charge >= 0.3 is 0 Å². The van der Waals surface area contributed by atoms with Gasteiger partial charge in [0.2, 0.25) is 5.91 Å². The molecule has 1 amide bonds. The van der Waals surface area contributed by atoms with E-state index in [1.807, 2.05) is 48.5 Å². The summed E-state index contributed by atoms with van der Waals surface area (Å²) in [4.78, 5) is 15.8. The molecule has 3 aromatic rings. The zero-order valence-corrected chi connectivity index (χ0v) is 12.7. The van der Waals surface area contributed by atoms with Gasteiger partial charge in [-0.3, -0.25) is 9.78 Å². The van der Waals surface area contributed by atoms with E-state index in [0.29, 0.717) is 0 Å². The first kappa shape index (κ1) is 14.8. The molecule has 4 heteroatoms. The number of ether oxygens (including phenoxy) is 1. The first-order chi connectivity index (χ1) is 11.2. The fourth-order valence-corrected chi connectivity index (χ4v) is 2.45. The van der Waals surface area contributed by atoms with Gasteiger partial charge in [-0.2, -0.15) is 0 Å². The van der Waals surface area contributed by atoms with E-state index in [-0.39, 0.29) is 5.91 Å². The van der Waals surface area contributed by atoms with Crippen molar-refractivity contribution in [3.05, 3.63) is 67.4 Å². The highest BCUT2D eigenvalue weighted by atomic mass is 16.5. The fraction of sp³-hybridized carbons (Fsp3) is 0.0526. The van der Waals surface area contributed by atoms with Crippen molar-refractivity contribution in [3.63, 3.8) is 0 Å². The maximum absolute atomic E-state index is 11.4. The van der Waals surface area contributed by atoms with Gasteiger partial charge in [-0.1, -0.05) is 24.8 Å². The van der Waals surface area contributed by atoms with E-state index in [1.54, 1.807) is 13.3 Å². The summed E-state index contributed by atoms with van der Waals surface area (Å²) in [6, 6.07) is 15.5. The monoisotopic (exact) mass is 304 g/mol. The average molecular weight is 304 g/mol. The highest BCUT2D eigenvalue weighted by Crippen LogP contribution is 2.30. The summed E-state index contributed by atoms with van der Waals surface area (Å²) in [5.41, 5.74) is 3.63. The molecule has 0 aliphatic rings. The lowest BCUT2D eigenvalue weighted by atomic mass is 10.0. The summed E-state index contributed by atoms with van der Waals surface area (Å²) in [7, 11) is 1.65. The number of pyridine rings is 1. The molecule has 114 valence electrons. The number of hydrogen-bond acceptors (Lipinski definition) is 3. The Morgan fingerprint density at radius 2 is 2.00 bits per heavy atom. The van der Waals surface area contributed by atoms with Crippen LogP contribution in [-0.4, -0.2) is 18.0 Å². The van der Waals surface area contributed by atoms with E-state index in [1.165, 1.54) is 6.08 Å². The summed E-state index contributed by atoms with van der Waals surface area (Å²) in [5, 5.41) is 3.72. The molecule has 0 saturated heterocycles. The lowest BCUT2D eigenvalue weighted by Crippen LogP contribution is -2.06. The van der Waals surface area contributed by atoms with E-state index in [9.17, 15) is 4.79 Å². The van der Waals surface area contributed by atoms with E-state index < -0.39 is 0 Å². The van der Waals surface area contributed by atoms with Crippen molar-refractivity contribution in [2.45, 2.75) is 0 Å². The summed E-state index contributed by atoms with van der Waals surface area (Å²) in [6.45, 7) is 3.46. The van der Waals surface area contributed by atoms with Gasteiger partial charge in [0.1, 0.15) is 5.75 Å². The molecule has 0 atom stereocenters. The Morgan fingerprint density at radius 3 is 2.78 bits per heavy atom. The van der Waals surface area contributed by atoms with Crippen LogP contribution in [0.4, 0.5) is 5.69 Å². The number of rotatable bonds is 4. The molecule has 0 fully saturated rings. The second-order valence-corrected chi connectivity index (χ2v) is 5.02. The summed E-state index contributed by atoms with van der Waals surface area (Å²) >= 11 is 0. The van der Waals surface area contributed by atoms with Crippen LogP contribution in [0.2, 0.25) is 0 Å². The van der Waals surface area contributed by atoms with Crippen LogP contribution in [0.3, 0.4) is 0 Å². The molecule has 3 rings (SSSR count). The van der Waals surface area contributed by atoms with E-state index in [0.717, 1.165) is 33.5 Å². The molecule has 0 spiro atoms. The second-order valence-electron chi connectivity index (χ2n) is 5.02. The third kappa shape index (κ3) is 3.06. The van der Waals surface area contributed by atoms with E-state index in [2.05, 4.69) is 16.9 Å². The van der Waals surface area contributed by atoms with Crippen LogP contribution in [-0.2, 0) is 4.79 Å². The number of benzene rings is 2. The predicted octanol–water partition coefficient (Wildman–Crippen LogP) is 4.03. The number of aromatic nitrogens is 1. The molecule has 0 aliphatic heterocycles. The zero-order valence-electron chi connectivity index (χ0n) is 12.7. The Hall–Kier alpha value is -3.14. The minimum absolute atomic E-state index is 0.230. The van der Waals surface area contributed by atoms with Crippen molar-refractivity contribution in [2.24, 2.45) is 0 Å². The highest BCUT2D eigenvalue weighted by molar-refractivity contribution is 5.99. The number of anilines is 1. The topological polar surface area (TPSA) is 51.2 Å². The van der Waals surface area contributed by atoms with Gasteiger partial charge in [0.15, 0.2) is 0 Å². The molecule has 0 unspecified atom stereocenters. The largest absolute Gasteiger partial charge is 0.496 e. The van der Waals surface area contributed by atoms with Crippen molar-refractivity contribution in [1.29, 1.82) is 0 Å². The number of carbonyl (C=O) groups is 1. The first-order valence-electron chi connectivity index (χ1n) is 7.18. The minimum atomic E-state index is -0.230. The molecule has 0 aliphatic carbocycles. The summed E-state index contributed by atoms with van der Waals surface area (Å²) in [6.07, 6.45) is 2.98. The number of nitrogens with one attached hydrogen (secondary N) is 1. The smallest absolute Gasteiger partial charge is 0.247 e. The molecule has 0 saturated carbocycles. The van der Waals surface area contributed by atoms with Crippen LogP contribution in [0.5, 0.6) is 5.75 Å². The van der Waals surface area contributed by atoms with Crippen LogP contribution in [0, 0.1) is 0 Å². The predicted molar refractivity (Wildman–Crippen MR) is 92.6 cm³/mol. The third-order valence-electron chi connectivity index (χ3n) is 3.57. The molecular formula is C19H16N2O2. The second kappa shape index (κ2) is 6.32. The number of nitrogens with zero attached hydrogens (tertiary/aromatic N) is 1. The number of amides is 1. The lowest BCUT2D eigenvalue weighted by Gasteiger charge is -2.09. The molecule has 1 aromatic heterocycles. The van der Waals surface area contributed by atoms with Gasteiger partial charge in [0.05, 0.1) is 12.6 Å². The maximum Gasteiger partial charge on any atom is 0.247 e. The molecule has 1 N–H and O–H groups in total. The summed E-state index contributed by atoms with van der Waals surface area (Å²) in [5.74, 6) is 0.555. The van der Waals surface area contributed by atoms with Crippen molar-refractivity contribution in [3.8, 4) is 16.9 Å². The van der Waals surface area contributed by atoms with Crippen molar-refractivity contribution >= 4 is 22.5 Å². The third-order valence-corrected chi connectivity index (χ3v) is 3.57. The van der Waals surface area contributed by atoms with Crippen LogP contribution in [0.15, 0.2) is 67.4 Å². The number of carbonyl (C=O) groups excluding carboxylic acids is 1. The van der Waals surface area contributed by atoms with Crippen LogP contribution in [0.1, 0.15) is 0 Å². The summed E-state index contributed by atoms with van der Waals surface area (Å²) < 4.78 is 5.40. The molecule has 0 bridgehead atoms. The molecule has 23 heavy (non-hydrogen) atoms. The Bertz CT molecular complexity index is 887. The van der Waals surface area contributed by atoms with Gasteiger partial charge in [-0.25, -0.2) is 0 Å². The Kier molecular flexibility index (Phi) is 4.06. The normalized spacial score (nSPS) is 10.3. The fourth-order valence-electron chi connectivity index (χ4n) is 2.45. The molecular weight excluding hydrogens is 288 g/mol. The van der Waals surface area contributed by atoms with Crippen molar-refractivity contribution in [1.82, 2.24) is 4.98 Å². The number of fused-ring (bicyclic) bond motifs is 1. The lowest BCUT2D eigenvalue weighted by molar-refractivity contribution is -0.111. The molecule has 1 heterocycles. The van der Waals surface area contributed by atoms with E-state index >= 15 is 0 Å². The zero-order chi connectivity index (χ0) is 16.2. The van der Waals surface area contributed by atoms with Gasteiger partial charge < -0.3 is 10.1 Å². The van der Waals surface area contributed by atoms with Crippen molar-refractivity contribution in [2.75, 3.05) is 12.4 Å². The average Bonchev–Trinajstić information content (AvgIpc) is 2.60. The number of hydrogen-bond donors (Lipinski definition) is 1. The van der Waals surface area contributed by atoms with Gasteiger partial charge in [0, 0.05) is 17.3 Å². The van der Waals surface area contributed by atoms with E-state index in [4.69, 9.17) is 4.74 Å². The highest BCUT2D eigenvalue weighted by Gasteiger charge is 2.06.